The van der Waals surface area contributed by atoms with Gasteiger partial charge in [-0.3, -0.25) is 4.90 Å². The van der Waals surface area contributed by atoms with Crippen LogP contribution < -0.4 is 5.73 Å². The molecule has 3 rings (SSSR count). The molecule has 21 heavy (non-hydrogen) atoms. The van der Waals surface area contributed by atoms with E-state index in [1.54, 1.807) is 0 Å². The molecule has 0 spiro atoms. The van der Waals surface area contributed by atoms with Crippen molar-refractivity contribution in [3.63, 3.8) is 0 Å². The predicted octanol–water partition coefficient (Wildman–Crippen LogP) is 4.26. The molecule has 3 heteroatoms. The summed E-state index contributed by atoms with van der Waals surface area (Å²) in [5.41, 5.74) is 8.07. The second-order valence-electron chi connectivity index (χ2n) is 7.50. The first kappa shape index (κ1) is 15.5. The minimum atomic E-state index is 0.272. The van der Waals surface area contributed by atoms with Gasteiger partial charge in [-0.1, -0.05) is 13.8 Å². The SMILES string of the molecule is CC(C)C1CCC(CN)(N(Cc2ccsc2)C2CC2)CC1. The van der Waals surface area contributed by atoms with Gasteiger partial charge in [0.2, 0.25) is 0 Å². The lowest BCUT2D eigenvalue weighted by Crippen LogP contribution is -2.56. The van der Waals surface area contributed by atoms with Crippen molar-refractivity contribution in [3.8, 4) is 0 Å². The molecule has 0 bridgehead atoms. The van der Waals surface area contributed by atoms with Crippen LogP contribution in [0.25, 0.3) is 0 Å². The Balaban J connectivity index is 1.73. The second-order valence-corrected chi connectivity index (χ2v) is 8.28. The zero-order valence-corrected chi connectivity index (χ0v) is 14.4. The molecule has 1 aromatic heterocycles. The molecule has 0 aliphatic heterocycles. The fourth-order valence-corrected chi connectivity index (χ4v) is 4.76. The summed E-state index contributed by atoms with van der Waals surface area (Å²) >= 11 is 1.81. The van der Waals surface area contributed by atoms with Crippen molar-refractivity contribution in [2.24, 2.45) is 17.6 Å². The van der Waals surface area contributed by atoms with Gasteiger partial charge in [-0.05, 0) is 72.8 Å². The third-order valence-electron chi connectivity index (χ3n) is 5.81. The lowest BCUT2D eigenvalue weighted by molar-refractivity contribution is 0.0216. The molecule has 1 aromatic rings. The molecule has 2 nitrogen and oxygen atoms in total. The third kappa shape index (κ3) is 3.35. The first-order valence-corrected chi connectivity index (χ1v) is 9.57. The van der Waals surface area contributed by atoms with E-state index < -0.39 is 0 Å². The van der Waals surface area contributed by atoms with E-state index in [0.29, 0.717) is 0 Å². The molecule has 2 aliphatic carbocycles. The molecule has 0 aromatic carbocycles. The number of thiophene rings is 1. The highest BCUT2D eigenvalue weighted by Gasteiger charge is 2.45. The topological polar surface area (TPSA) is 29.3 Å². The Morgan fingerprint density at radius 3 is 2.48 bits per heavy atom. The summed E-state index contributed by atoms with van der Waals surface area (Å²) in [6.45, 7) is 6.70. The van der Waals surface area contributed by atoms with Crippen LogP contribution >= 0.6 is 11.3 Å². The van der Waals surface area contributed by atoms with Crippen molar-refractivity contribution >= 4 is 11.3 Å². The summed E-state index contributed by atoms with van der Waals surface area (Å²) in [5.74, 6) is 1.74. The van der Waals surface area contributed by atoms with Gasteiger partial charge in [0, 0.05) is 24.7 Å². The van der Waals surface area contributed by atoms with Crippen molar-refractivity contribution in [1.82, 2.24) is 4.90 Å². The van der Waals surface area contributed by atoms with Crippen LogP contribution in [0, 0.1) is 11.8 Å². The summed E-state index contributed by atoms with van der Waals surface area (Å²) in [5, 5.41) is 4.50. The molecule has 118 valence electrons. The lowest BCUT2D eigenvalue weighted by atomic mass is 9.71. The van der Waals surface area contributed by atoms with Crippen molar-refractivity contribution in [2.45, 2.75) is 70.5 Å². The van der Waals surface area contributed by atoms with E-state index in [1.165, 1.54) is 44.1 Å². The molecule has 2 N–H and O–H groups in total. The molecule has 2 fully saturated rings. The molecule has 0 unspecified atom stereocenters. The van der Waals surface area contributed by atoms with Gasteiger partial charge in [0.1, 0.15) is 0 Å². The zero-order chi connectivity index (χ0) is 14.9. The molecule has 0 saturated heterocycles. The molecular formula is C18H30N2S. The van der Waals surface area contributed by atoms with Crippen LogP contribution in [0.5, 0.6) is 0 Å². The van der Waals surface area contributed by atoms with E-state index in [0.717, 1.165) is 31.0 Å². The monoisotopic (exact) mass is 306 g/mol. The van der Waals surface area contributed by atoms with Crippen LogP contribution in [0.4, 0.5) is 0 Å². The van der Waals surface area contributed by atoms with Gasteiger partial charge in [-0.2, -0.15) is 11.3 Å². The van der Waals surface area contributed by atoms with Crippen molar-refractivity contribution in [1.29, 1.82) is 0 Å². The summed E-state index contributed by atoms with van der Waals surface area (Å²) in [4.78, 5) is 2.78. The number of nitrogens with zero attached hydrogens (tertiary/aromatic N) is 1. The summed E-state index contributed by atoms with van der Waals surface area (Å²) in [7, 11) is 0. The third-order valence-corrected chi connectivity index (χ3v) is 6.55. The largest absolute Gasteiger partial charge is 0.329 e. The number of rotatable bonds is 6. The molecule has 0 amide bonds. The Morgan fingerprint density at radius 1 is 1.29 bits per heavy atom. The average molecular weight is 307 g/mol. The zero-order valence-electron chi connectivity index (χ0n) is 13.6. The van der Waals surface area contributed by atoms with Crippen LogP contribution in [-0.2, 0) is 6.54 Å². The van der Waals surface area contributed by atoms with E-state index in [-0.39, 0.29) is 5.54 Å². The average Bonchev–Trinajstić information content (AvgIpc) is 3.21. The highest BCUT2D eigenvalue weighted by Crippen LogP contribution is 2.44. The Hall–Kier alpha value is -0.380. The second kappa shape index (κ2) is 6.39. The smallest absolute Gasteiger partial charge is 0.0338 e. The van der Waals surface area contributed by atoms with E-state index in [4.69, 9.17) is 5.73 Å². The van der Waals surface area contributed by atoms with Crippen LogP contribution in [0.15, 0.2) is 16.8 Å². The summed E-state index contributed by atoms with van der Waals surface area (Å²) in [6.07, 6.45) is 8.07. The fourth-order valence-electron chi connectivity index (χ4n) is 4.10. The lowest BCUT2D eigenvalue weighted by Gasteiger charge is -2.48. The van der Waals surface area contributed by atoms with Gasteiger partial charge in [-0.25, -0.2) is 0 Å². The number of hydrogen-bond acceptors (Lipinski definition) is 3. The van der Waals surface area contributed by atoms with E-state index in [9.17, 15) is 0 Å². The normalized spacial score (nSPS) is 30.2. The van der Waals surface area contributed by atoms with Crippen molar-refractivity contribution < 1.29 is 0 Å². The summed E-state index contributed by atoms with van der Waals surface area (Å²) in [6, 6.07) is 3.08. The first-order valence-electron chi connectivity index (χ1n) is 8.62. The predicted molar refractivity (Wildman–Crippen MR) is 91.5 cm³/mol. The van der Waals surface area contributed by atoms with Crippen LogP contribution in [0.1, 0.15) is 57.9 Å². The maximum atomic E-state index is 6.32. The maximum absolute atomic E-state index is 6.32. The molecule has 2 aliphatic rings. The van der Waals surface area contributed by atoms with Crippen molar-refractivity contribution in [3.05, 3.63) is 22.4 Å². The van der Waals surface area contributed by atoms with Gasteiger partial charge in [-0.15, -0.1) is 0 Å². The summed E-state index contributed by atoms with van der Waals surface area (Å²) < 4.78 is 0. The van der Waals surface area contributed by atoms with Gasteiger partial charge in [0.05, 0.1) is 0 Å². The molecular weight excluding hydrogens is 276 g/mol. The van der Waals surface area contributed by atoms with Crippen LogP contribution in [0.3, 0.4) is 0 Å². The highest BCUT2D eigenvalue weighted by molar-refractivity contribution is 7.07. The maximum Gasteiger partial charge on any atom is 0.0338 e. The Bertz CT molecular complexity index is 428. The quantitative estimate of drug-likeness (QED) is 0.851. The standard InChI is InChI=1S/C18H30N2S/c1-14(2)16-5-8-18(13-19,9-6-16)20(17-3-4-17)11-15-7-10-21-12-15/h7,10,12,14,16-17H,3-6,8-9,11,13,19H2,1-2H3. The van der Waals surface area contributed by atoms with E-state index in [1.807, 2.05) is 11.3 Å². The minimum absolute atomic E-state index is 0.272. The number of hydrogen-bond donors (Lipinski definition) is 1. The Morgan fingerprint density at radius 2 is 2.00 bits per heavy atom. The Labute approximate surface area is 133 Å². The first-order chi connectivity index (χ1) is 10.1. The van der Waals surface area contributed by atoms with Crippen LogP contribution in [0.2, 0.25) is 0 Å². The highest BCUT2D eigenvalue weighted by atomic mass is 32.1. The molecule has 1 heterocycles. The van der Waals surface area contributed by atoms with Crippen molar-refractivity contribution in [2.75, 3.05) is 6.54 Å². The fraction of sp³-hybridized carbons (Fsp3) is 0.778. The molecule has 0 radical (unpaired) electrons. The molecule has 0 atom stereocenters. The Kier molecular flexibility index (Phi) is 4.72. The van der Waals surface area contributed by atoms with Gasteiger partial charge >= 0.3 is 0 Å². The van der Waals surface area contributed by atoms with Gasteiger partial charge in [0.25, 0.3) is 0 Å². The van der Waals surface area contributed by atoms with Gasteiger partial charge < -0.3 is 5.73 Å². The van der Waals surface area contributed by atoms with Crippen LogP contribution in [-0.4, -0.2) is 23.0 Å². The minimum Gasteiger partial charge on any atom is -0.329 e. The van der Waals surface area contributed by atoms with E-state index in [2.05, 4.69) is 35.6 Å². The van der Waals surface area contributed by atoms with E-state index >= 15 is 0 Å². The van der Waals surface area contributed by atoms with Gasteiger partial charge in [0.15, 0.2) is 0 Å². The number of nitrogens with two attached hydrogens (primary N) is 1. The molecule has 2 saturated carbocycles.